The summed E-state index contributed by atoms with van der Waals surface area (Å²) in [5, 5.41) is 13.5. The van der Waals surface area contributed by atoms with E-state index in [-0.39, 0.29) is 17.7 Å². The highest BCUT2D eigenvalue weighted by Gasteiger charge is 2.20. The van der Waals surface area contributed by atoms with E-state index in [9.17, 15) is 14.9 Å². The first-order valence-electron chi connectivity index (χ1n) is 6.31. The summed E-state index contributed by atoms with van der Waals surface area (Å²) >= 11 is 0. The number of hydrogen-bond acceptors (Lipinski definition) is 5. The summed E-state index contributed by atoms with van der Waals surface area (Å²) in [6.07, 6.45) is -0.174. The van der Waals surface area contributed by atoms with Crippen LogP contribution in [-0.2, 0) is 9.47 Å². The van der Waals surface area contributed by atoms with E-state index in [0.29, 0.717) is 37.5 Å². The molecule has 1 N–H and O–H groups in total. The molecule has 1 saturated heterocycles. The average molecular weight is 280 g/mol. The Morgan fingerprint density at radius 1 is 1.50 bits per heavy atom. The van der Waals surface area contributed by atoms with E-state index >= 15 is 0 Å². The highest BCUT2D eigenvalue weighted by molar-refractivity contribution is 5.96. The molecule has 1 aliphatic rings. The van der Waals surface area contributed by atoms with Crippen molar-refractivity contribution in [1.29, 1.82) is 0 Å². The lowest BCUT2D eigenvalue weighted by atomic mass is 10.1. The zero-order valence-corrected chi connectivity index (χ0v) is 11.1. The van der Waals surface area contributed by atoms with Gasteiger partial charge in [-0.1, -0.05) is 6.07 Å². The largest absolute Gasteiger partial charge is 0.376 e. The molecule has 108 valence electrons. The smallest absolute Gasteiger partial charge is 0.273 e. The number of nitrogens with one attached hydrogen (secondary N) is 1. The van der Waals surface area contributed by atoms with Gasteiger partial charge in [0.05, 0.1) is 30.8 Å². The molecule has 1 aromatic rings. The molecule has 1 amide bonds. The normalized spacial score (nSPS) is 18.6. The van der Waals surface area contributed by atoms with Gasteiger partial charge in [-0.3, -0.25) is 14.9 Å². The highest BCUT2D eigenvalue weighted by atomic mass is 16.6. The molecule has 0 bridgehead atoms. The number of nitro groups is 1. The van der Waals surface area contributed by atoms with E-state index in [4.69, 9.17) is 9.47 Å². The third-order valence-electron chi connectivity index (χ3n) is 3.12. The average Bonchev–Trinajstić information content (AvgIpc) is 2.46. The van der Waals surface area contributed by atoms with Crippen LogP contribution in [-0.4, -0.2) is 43.3 Å². The predicted molar refractivity (Wildman–Crippen MR) is 70.7 cm³/mol. The Labute approximate surface area is 116 Å². The van der Waals surface area contributed by atoms with Crippen LogP contribution in [0, 0.1) is 17.0 Å². The Kier molecular flexibility index (Phi) is 4.65. The summed E-state index contributed by atoms with van der Waals surface area (Å²) in [6, 6.07) is 4.44. The summed E-state index contributed by atoms with van der Waals surface area (Å²) in [4.78, 5) is 22.4. The fourth-order valence-corrected chi connectivity index (χ4v) is 2.02. The number of amides is 1. The summed E-state index contributed by atoms with van der Waals surface area (Å²) < 4.78 is 10.6. The second-order valence-electron chi connectivity index (χ2n) is 4.48. The minimum absolute atomic E-state index is 0.0603. The Hall–Kier alpha value is -1.99. The first-order valence-corrected chi connectivity index (χ1v) is 6.31. The lowest BCUT2D eigenvalue weighted by Gasteiger charge is -2.23. The molecule has 1 fully saturated rings. The monoisotopic (exact) mass is 280 g/mol. The van der Waals surface area contributed by atoms with Crippen molar-refractivity contribution in [2.24, 2.45) is 0 Å². The van der Waals surface area contributed by atoms with Crippen LogP contribution in [0.5, 0.6) is 0 Å². The molecule has 0 saturated carbocycles. The summed E-state index contributed by atoms with van der Waals surface area (Å²) in [7, 11) is 0. The van der Waals surface area contributed by atoms with Crippen molar-refractivity contribution in [3.05, 3.63) is 39.4 Å². The van der Waals surface area contributed by atoms with Crippen molar-refractivity contribution >= 4 is 11.6 Å². The van der Waals surface area contributed by atoms with E-state index in [1.54, 1.807) is 13.0 Å². The van der Waals surface area contributed by atoms with E-state index in [1.165, 1.54) is 12.1 Å². The van der Waals surface area contributed by atoms with Crippen molar-refractivity contribution in [3.8, 4) is 0 Å². The van der Waals surface area contributed by atoms with Gasteiger partial charge >= 0.3 is 0 Å². The maximum atomic E-state index is 12.1. The number of nitrogens with zero attached hydrogens (tertiary/aromatic N) is 1. The van der Waals surface area contributed by atoms with Crippen molar-refractivity contribution in [1.82, 2.24) is 5.32 Å². The van der Waals surface area contributed by atoms with E-state index in [2.05, 4.69) is 5.32 Å². The summed E-state index contributed by atoms with van der Waals surface area (Å²) in [6.45, 7) is 3.40. The molecule has 1 unspecified atom stereocenters. The van der Waals surface area contributed by atoms with Crippen molar-refractivity contribution in [2.75, 3.05) is 26.4 Å². The molecule has 0 aliphatic carbocycles. The number of rotatable bonds is 4. The van der Waals surface area contributed by atoms with Crippen LogP contribution in [0.2, 0.25) is 0 Å². The first-order chi connectivity index (χ1) is 9.59. The van der Waals surface area contributed by atoms with Gasteiger partial charge in [-0.05, 0) is 13.0 Å². The molecule has 7 heteroatoms. The molecule has 1 atom stereocenters. The molecule has 0 radical (unpaired) electrons. The van der Waals surface area contributed by atoms with Gasteiger partial charge in [-0.15, -0.1) is 0 Å². The van der Waals surface area contributed by atoms with E-state index in [0.717, 1.165) is 0 Å². The maximum Gasteiger partial charge on any atom is 0.273 e. The van der Waals surface area contributed by atoms with Crippen LogP contribution < -0.4 is 5.32 Å². The number of hydrogen-bond donors (Lipinski definition) is 1. The molecule has 2 rings (SSSR count). The fourth-order valence-electron chi connectivity index (χ4n) is 2.02. The maximum absolute atomic E-state index is 12.1. The lowest BCUT2D eigenvalue weighted by Crippen LogP contribution is -2.39. The number of nitro benzene ring substituents is 1. The fraction of sp³-hybridized carbons (Fsp3) is 0.462. The lowest BCUT2D eigenvalue weighted by molar-refractivity contribution is -0.385. The van der Waals surface area contributed by atoms with Crippen LogP contribution in [0.1, 0.15) is 15.9 Å². The summed E-state index contributed by atoms with van der Waals surface area (Å²) in [5.74, 6) is -0.347. The molecular weight excluding hydrogens is 264 g/mol. The Morgan fingerprint density at radius 3 is 2.95 bits per heavy atom. The van der Waals surface area contributed by atoms with Gasteiger partial charge in [0.1, 0.15) is 0 Å². The molecule has 1 aromatic carbocycles. The third-order valence-corrected chi connectivity index (χ3v) is 3.12. The molecule has 1 heterocycles. The predicted octanol–water partition coefficient (Wildman–Crippen LogP) is 1.05. The number of carbonyl (C=O) groups excluding carboxylic acids is 1. The van der Waals surface area contributed by atoms with Crippen molar-refractivity contribution in [3.63, 3.8) is 0 Å². The zero-order chi connectivity index (χ0) is 14.5. The van der Waals surface area contributed by atoms with Gasteiger partial charge < -0.3 is 14.8 Å². The number of benzene rings is 1. The molecule has 0 aromatic heterocycles. The minimum atomic E-state index is -0.496. The summed E-state index contributed by atoms with van der Waals surface area (Å²) in [5.41, 5.74) is 0.599. The standard InChI is InChI=1S/C13H16N2O5/c1-9-11(3-2-4-12(9)15(17)18)13(16)14-7-10-8-19-5-6-20-10/h2-4,10H,5-8H2,1H3,(H,14,16). The SMILES string of the molecule is Cc1c(C(=O)NCC2COCCO2)cccc1[N+](=O)[O-]. The highest BCUT2D eigenvalue weighted by Crippen LogP contribution is 2.20. The molecular formula is C13H16N2O5. The quantitative estimate of drug-likeness (QED) is 0.657. The molecule has 0 spiro atoms. The van der Waals surface area contributed by atoms with Gasteiger partial charge in [-0.2, -0.15) is 0 Å². The Morgan fingerprint density at radius 2 is 2.30 bits per heavy atom. The van der Waals surface area contributed by atoms with E-state index < -0.39 is 4.92 Å². The second-order valence-corrected chi connectivity index (χ2v) is 4.48. The van der Waals surface area contributed by atoms with Crippen LogP contribution >= 0.6 is 0 Å². The van der Waals surface area contributed by atoms with Gasteiger partial charge in [0, 0.05) is 23.7 Å². The van der Waals surface area contributed by atoms with Gasteiger partial charge in [0.2, 0.25) is 0 Å². The number of carbonyl (C=O) groups is 1. The van der Waals surface area contributed by atoms with Gasteiger partial charge in [0.25, 0.3) is 11.6 Å². The Bertz CT molecular complexity index is 511. The van der Waals surface area contributed by atoms with Crippen LogP contribution in [0.4, 0.5) is 5.69 Å². The van der Waals surface area contributed by atoms with Crippen LogP contribution in [0.3, 0.4) is 0 Å². The van der Waals surface area contributed by atoms with Gasteiger partial charge in [0.15, 0.2) is 0 Å². The minimum Gasteiger partial charge on any atom is -0.376 e. The molecule has 7 nitrogen and oxygen atoms in total. The Balaban J connectivity index is 2.01. The third kappa shape index (κ3) is 3.31. The topological polar surface area (TPSA) is 90.7 Å². The number of ether oxygens (including phenoxy) is 2. The molecule has 1 aliphatic heterocycles. The van der Waals surface area contributed by atoms with Crippen molar-refractivity contribution < 1.29 is 19.2 Å². The molecule has 20 heavy (non-hydrogen) atoms. The second kappa shape index (κ2) is 6.44. The van der Waals surface area contributed by atoms with Gasteiger partial charge in [-0.25, -0.2) is 0 Å². The first kappa shape index (κ1) is 14.4. The van der Waals surface area contributed by atoms with Crippen LogP contribution in [0.15, 0.2) is 18.2 Å². The van der Waals surface area contributed by atoms with Crippen molar-refractivity contribution in [2.45, 2.75) is 13.0 Å². The zero-order valence-electron chi connectivity index (χ0n) is 11.1. The van der Waals surface area contributed by atoms with E-state index in [1.807, 2.05) is 0 Å². The van der Waals surface area contributed by atoms with Crippen LogP contribution in [0.25, 0.3) is 0 Å².